The number of nitrogens with two attached hydrogens (primary N) is 1. The summed E-state index contributed by atoms with van der Waals surface area (Å²) in [6, 6.07) is -0.284. The Labute approximate surface area is 150 Å². The number of rotatable bonds is 4. The van der Waals surface area contributed by atoms with Gasteiger partial charge in [0.05, 0.1) is 0 Å². The van der Waals surface area contributed by atoms with Crippen molar-refractivity contribution in [1.29, 1.82) is 0 Å². The van der Waals surface area contributed by atoms with Gasteiger partial charge in [0.1, 0.15) is 0 Å². The second-order valence-corrected chi connectivity index (χ2v) is 11.5. The zero-order valence-electron chi connectivity index (χ0n) is 12.0. The third-order valence-electron chi connectivity index (χ3n) is 4.24. The van der Waals surface area contributed by atoms with Gasteiger partial charge in [-0.3, -0.25) is 0 Å². The van der Waals surface area contributed by atoms with Crippen LogP contribution in [-0.4, -0.2) is 54.5 Å². The van der Waals surface area contributed by atoms with Gasteiger partial charge < -0.3 is 0 Å². The summed E-state index contributed by atoms with van der Waals surface area (Å²) in [7, 11) is -4.52. The summed E-state index contributed by atoms with van der Waals surface area (Å²) < 4.78 is 17.2. The molecule has 2 aromatic heterocycles. The molecule has 1 saturated heterocycles. The number of imidazole rings is 1. The van der Waals surface area contributed by atoms with Crippen molar-refractivity contribution in [2.75, 3.05) is 12.3 Å². The van der Waals surface area contributed by atoms with E-state index in [1.54, 1.807) is 10.9 Å². The molecule has 1 aliphatic heterocycles. The molecule has 2 aromatic rings. The maximum absolute atomic E-state index is 11.0. The third-order valence-corrected chi connectivity index (χ3v) is 9.46. The number of hydrogen-bond acceptors (Lipinski definition) is 7. The number of aliphatic hydroxyl groups excluding tert-OH is 1. The summed E-state index contributed by atoms with van der Waals surface area (Å²) in [4.78, 5) is 30.0. The second kappa shape index (κ2) is 5.47. The van der Waals surface area contributed by atoms with Crippen molar-refractivity contribution >= 4 is 36.4 Å². The van der Waals surface area contributed by atoms with Crippen molar-refractivity contribution in [3.63, 3.8) is 0 Å². The Bertz CT molecular complexity index is 876. The molecule has 24 heavy (non-hydrogen) atoms. The number of nitrogens with zero attached hydrogens (tertiary/aromatic N) is 4. The van der Waals surface area contributed by atoms with Gasteiger partial charge in [-0.05, 0) is 0 Å². The molecule has 0 unspecified atom stereocenters. The maximum atomic E-state index is 11.0. The van der Waals surface area contributed by atoms with Gasteiger partial charge in [0, 0.05) is 0 Å². The van der Waals surface area contributed by atoms with E-state index in [9.17, 15) is 9.67 Å². The minimum absolute atomic E-state index is 0.00386. The molecule has 13 heteroatoms. The van der Waals surface area contributed by atoms with Crippen LogP contribution in [0.4, 0.5) is 5.82 Å². The number of alkyl halides is 2. The number of phosphoric ester groups is 1. The van der Waals surface area contributed by atoms with Gasteiger partial charge in [0.2, 0.25) is 0 Å². The topological polar surface area (TPSA) is 157 Å². The molecule has 4 rings (SSSR count). The van der Waals surface area contributed by atoms with Gasteiger partial charge >= 0.3 is 151 Å². The Morgan fingerprint density at radius 2 is 2.29 bits per heavy atom. The van der Waals surface area contributed by atoms with Crippen LogP contribution in [-0.2, 0) is 9.09 Å². The van der Waals surface area contributed by atoms with E-state index in [4.69, 9.17) is 27.1 Å². The fourth-order valence-corrected chi connectivity index (χ4v) is 8.22. The Hall–Kier alpha value is -0.560. The predicted octanol–water partition coefficient (Wildman–Crippen LogP) is -3.31. The molecule has 0 spiro atoms. The Morgan fingerprint density at radius 1 is 1.54 bits per heavy atom. The standard InChI is InChI=1S/C11H13ClIN5O5P/c12-10-16-8(14)5-9(17-10)18(3-15-5)6-4(19)1-11(7(6)13-11)2-23-24(20,21)22/h3-4,6-7,19H,1-2H2,(H2,14,16,17)(H2,20,21,22)/q-1/t4-,6+,7-,11-/m1/s1. The fourth-order valence-electron chi connectivity index (χ4n) is 3.21. The van der Waals surface area contributed by atoms with Crippen LogP contribution < -0.4 is 26.9 Å². The first-order chi connectivity index (χ1) is 11.2. The molecule has 0 radical (unpaired) electrons. The Kier molecular flexibility index (Phi) is 3.85. The average Bonchev–Trinajstić information content (AvgIpc) is 2.84. The molecule has 5 N–H and O–H groups in total. The van der Waals surface area contributed by atoms with Gasteiger partial charge in [-0.15, -0.1) is 0 Å². The molecular weight excluding hydrogens is 475 g/mol. The minimum atomic E-state index is -4.52. The number of hydrogen-bond donors (Lipinski definition) is 4. The molecule has 10 nitrogen and oxygen atoms in total. The van der Waals surface area contributed by atoms with E-state index in [-0.39, 0.29) is 52.3 Å². The van der Waals surface area contributed by atoms with Crippen molar-refractivity contribution in [2.45, 2.75) is 25.9 Å². The van der Waals surface area contributed by atoms with Crippen LogP contribution >= 0.6 is 19.4 Å². The number of halogens is 2. The van der Waals surface area contributed by atoms with Crippen LogP contribution in [0.5, 0.6) is 0 Å². The van der Waals surface area contributed by atoms with E-state index in [1.165, 1.54) is 0 Å². The molecule has 0 aromatic carbocycles. The quantitative estimate of drug-likeness (QED) is 0.150. The van der Waals surface area contributed by atoms with E-state index >= 15 is 0 Å². The summed E-state index contributed by atoms with van der Waals surface area (Å²) in [5, 5.41) is 10.5. The first kappa shape index (κ1) is 16.9. The van der Waals surface area contributed by atoms with Crippen LogP contribution in [0.3, 0.4) is 0 Å². The summed E-state index contributed by atoms with van der Waals surface area (Å²) in [6.45, 7) is -0.0483. The normalized spacial score (nSPS) is 32.6. The molecule has 3 heterocycles. The van der Waals surface area contributed by atoms with E-state index < -0.39 is 13.9 Å². The van der Waals surface area contributed by atoms with E-state index in [0.29, 0.717) is 17.6 Å². The van der Waals surface area contributed by atoms with Gasteiger partial charge in [0.15, 0.2) is 0 Å². The summed E-state index contributed by atoms with van der Waals surface area (Å²) in [5.74, 6) is 0.165. The number of fused-ring (bicyclic) bond motifs is 2. The van der Waals surface area contributed by atoms with E-state index in [1.807, 2.05) is 0 Å². The fraction of sp³-hybridized carbons (Fsp3) is 0.545. The molecular formula is C11H13ClIN5O5P-. The van der Waals surface area contributed by atoms with Gasteiger partial charge in [-0.25, -0.2) is 0 Å². The molecule has 0 bridgehead atoms. The van der Waals surface area contributed by atoms with Crippen LogP contribution in [0.1, 0.15) is 12.5 Å². The molecule has 2 fully saturated rings. The van der Waals surface area contributed by atoms with Crippen LogP contribution in [0, 0.1) is 0 Å². The average molecular weight is 489 g/mol. The SMILES string of the molecule is Nc1nc(Cl)nc2c1ncn2[C@H]1[C@H](O)C[C@]2(COP(=O)(O)O)[I-][C@H]12. The number of aromatic nitrogens is 4. The number of phosphoric acid groups is 1. The van der Waals surface area contributed by atoms with Crippen molar-refractivity contribution in [1.82, 2.24) is 19.5 Å². The van der Waals surface area contributed by atoms with Crippen LogP contribution in [0.25, 0.3) is 11.2 Å². The first-order valence-electron chi connectivity index (χ1n) is 6.88. The molecule has 4 atom stereocenters. The first-order valence-corrected chi connectivity index (χ1v) is 11.1. The predicted molar refractivity (Wildman–Crippen MR) is 78.9 cm³/mol. The number of anilines is 1. The molecule has 132 valence electrons. The summed E-state index contributed by atoms with van der Waals surface area (Å²) in [6.07, 6.45) is 1.29. The molecule has 1 aliphatic carbocycles. The zero-order valence-corrected chi connectivity index (χ0v) is 15.8. The number of aliphatic hydroxyl groups is 1. The summed E-state index contributed by atoms with van der Waals surface area (Å²) >= 11 is 5.49. The van der Waals surface area contributed by atoms with Gasteiger partial charge in [0.25, 0.3) is 0 Å². The van der Waals surface area contributed by atoms with E-state index in [2.05, 4.69) is 19.5 Å². The van der Waals surface area contributed by atoms with E-state index in [0.717, 1.165) is 0 Å². The Balaban J connectivity index is 1.66. The van der Waals surface area contributed by atoms with Crippen LogP contribution in [0.15, 0.2) is 6.33 Å². The third kappa shape index (κ3) is 2.71. The van der Waals surface area contributed by atoms with Crippen molar-refractivity contribution in [3.8, 4) is 0 Å². The molecule has 2 aliphatic rings. The summed E-state index contributed by atoms with van der Waals surface area (Å²) in [5.41, 5.74) is 6.65. The molecule has 0 amide bonds. The van der Waals surface area contributed by atoms with Crippen molar-refractivity contribution in [3.05, 3.63) is 11.6 Å². The monoisotopic (exact) mass is 488 g/mol. The zero-order chi connectivity index (χ0) is 17.3. The number of nitrogen functional groups attached to an aromatic ring is 1. The Morgan fingerprint density at radius 3 is 3.00 bits per heavy atom. The van der Waals surface area contributed by atoms with Crippen molar-refractivity contribution < 1.29 is 45.2 Å². The van der Waals surface area contributed by atoms with Gasteiger partial charge in [-0.1, -0.05) is 0 Å². The van der Waals surface area contributed by atoms with Gasteiger partial charge in [-0.2, -0.15) is 0 Å². The second-order valence-electron chi connectivity index (χ2n) is 5.77. The molecule has 1 saturated carbocycles. The van der Waals surface area contributed by atoms with Crippen molar-refractivity contribution in [2.24, 2.45) is 0 Å². The van der Waals surface area contributed by atoms with Crippen LogP contribution in [0.2, 0.25) is 5.28 Å².